The molecule has 0 saturated heterocycles. The Kier molecular flexibility index (Phi) is 3.86. The molecule has 0 bridgehead atoms. The Morgan fingerprint density at radius 1 is 1.67 bits per heavy atom. The maximum atomic E-state index is 10.8. The van der Waals surface area contributed by atoms with Crippen LogP contribution in [0.1, 0.15) is 6.42 Å². The van der Waals surface area contributed by atoms with Crippen molar-refractivity contribution in [2.24, 2.45) is 0 Å². The summed E-state index contributed by atoms with van der Waals surface area (Å²) in [6, 6.07) is 0. The first-order valence-electron chi connectivity index (χ1n) is 1.60. The molecule has 0 radical (unpaired) electrons. The third kappa shape index (κ3) is 3.34. The number of hydrogen-bond acceptors (Lipinski definition) is 1. The third-order valence-electron chi connectivity index (χ3n) is 0.321. The minimum Gasteiger partial charge on any atom is -0.303 e. The molecule has 0 aromatic carbocycles. The fourth-order valence-corrected chi connectivity index (χ4v) is 0.107. The number of hydrogen-bond donors (Lipinski definition) is 0. The molecule has 0 rings (SSSR count). The van der Waals surface area contributed by atoms with Crippen LogP contribution >= 0.6 is 0 Å². The van der Waals surface area contributed by atoms with E-state index in [1.54, 1.807) is 0 Å². The molecule has 0 aliphatic rings. The van der Waals surface area contributed by atoms with Crippen molar-refractivity contribution < 1.29 is 9.18 Å². The zero-order valence-corrected chi connectivity index (χ0v) is 3.23. The van der Waals surface area contributed by atoms with Gasteiger partial charge in [0.15, 0.2) is 0 Å². The van der Waals surface area contributed by atoms with Crippen molar-refractivity contribution in [2.75, 3.05) is 0 Å². The standard InChI is InChI=1S/C4H5FO/c5-3-1-2-4-6/h1,3-4H,2H2. The van der Waals surface area contributed by atoms with Crippen molar-refractivity contribution in [3.63, 3.8) is 0 Å². The molecule has 0 aliphatic carbocycles. The molecule has 0 unspecified atom stereocenters. The van der Waals surface area contributed by atoms with Crippen molar-refractivity contribution in [1.82, 2.24) is 0 Å². The summed E-state index contributed by atoms with van der Waals surface area (Å²) >= 11 is 0. The number of aldehydes is 1. The van der Waals surface area contributed by atoms with Gasteiger partial charge in [-0.15, -0.1) is 0 Å². The van der Waals surface area contributed by atoms with E-state index in [1.165, 1.54) is 0 Å². The first kappa shape index (κ1) is 5.34. The summed E-state index contributed by atoms with van der Waals surface area (Å²) in [5.41, 5.74) is 0. The Morgan fingerprint density at radius 3 is 2.50 bits per heavy atom. The first-order valence-corrected chi connectivity index (χ1v) is 1.60. The number of carbonyl (C=O) groups excluding carboxylic acids is 1. The minimum absolute atomic E-state index is 0.177. The van der Waals surface area contributed by atoms with Crippen molar-refractivity contribution >= 4 is 6.29 Å². The van der Waals surface area contributed by atoms with Crippen molar-refractivity contribution in [1.29, 1.82) is 0 Å². The van der Waals surface area contributed by atoms with Gasteiger partial charge < -0.3 is 4.79 Å². The van der Waals surface area contributed by atoms with Gasteiger partial charge in [0.05, 0.1) is 6.33 Å². The smallest absolute Gasteiger partial charge is 0.123 e. The highest BCUT2D eigenvalue weighted by molar-refractivity contribution is 5.51. The number of carbonyl (C=O) groups is 1. The van der Waals surface area contributed by atoms with Crippen LogP contribution in [-0.2, 0) is 4.79 Å². The highest BCUT2D eigenvalue weighted by Crippen LogP contribution is 1.74. The molecule has 0 aromatic rings. The second-order valence-corrected chi connectivity index (χ2v) is 0.764. The van der Waals surface area contributed by atoms with Gasteiger partial charge in [-0.2, -0.15) is 0 Å². The highest BCUT2D eigenvalue weighted by atomic mass is 19.1. The largest absolute Gasteiger partial charge is 0.303 e. The van der Waals surface area contributed by atoms with E-state index >= 15 is 0 Å². The molecule has 0 aliphatic heterocycles. The van der Waals surface area contributed by atoms with Crippen LogP contribution in [0.25, 0.3) is 0 Å². The van der Waals surface area contributed by atoms with Crippen LogP contribution in [0, 0.1) is 0 Å². The van der Waals surface area contributed by atoms with Gasteiger partial charge in [-0.1, -0.05) is 0 Å². The van der Waals surface area contributed by atoms with Crippen LogP contribution in [0.2, 0.25) is 0 Å². The third-order valence-corrected chi connectivity index (χ3v) is 0.321. The molecule has 0 amide bonds. The number of halogens is 1. The van der Waals surface area contributed by atoms with Gasteiger partial charge in [-0.25, -0.2) is 4.39 Å². The maximum Gasteiger partial charge on any atom is 0.123 e. The van der Waals surface area contributed by atoms with Gasteiger partial charge in [-0.05, 0) is 6.08 Å². The molecule has 6 heavy (non-hydrogen) atoms. The maximum absolute atomic E-state index is 10.8. The van der Waals surface area contributed by atoms with E-state index in [1.807, 2.05) is 0 Å². The molecule has 0 fully saturated rings. The summed E-state index contributed by atoms with van der Waals surface area (Å²) in [7, 11) is 0. The van der Waals surface area contributed by atoms with Crippen LogP contribution in [0.15, 0.2) is 12.4 Å². The van der Waals surface area contributed by atoms with Gasteiger partial charge in [-0.3, -0.25) is 0 Å². The predicted octanol–water partition coefficient (Wildman–Crippen LogP) is 1.06. The molecule has 0 spiro atoms. The lowest BCUT2D eigenvalue weighted by Crippen LogP contribution is -1.60. The van der Waals surface area contributed by atoms with Crippen LogP contribution in [0.4, 0.5) is 4.39 Å². The Morgan fingerprint density at radius 2 is 2.33 bits per heavy atom. The molecule has 0 heterocycles. The number of rotatable bonds is 2. The number of allylic oxidation sites excluding steroid dienone is 1. The van der Waals surface area contributed by atoms with E-state index < -0.39 is 0 Å². The fraction of sp³-hybridized carbons (Fsp3) is 0.250. The topological polar surface area (TPSA) is 17.1 Å². The quantitative estimate of drug-likeness (QED) is 0.461. The van der Waals surface area contributed by atoms with E-state index in [0.717, 1.165) is 6.08 Å². The Balaban J connectivity index is 2.85. The van der Waals surface area contributed by atoms with E-state index in [0.29, 0.717) is 12.6 Å². The summed E-state index contributed by atoms with van der Waals surface area (Å²) < 4.78 is 10.8. The lowest BCUT2D eigenvalue weighted by Gasteiger charge is -1.63. The second kappa shape index (κ2) is 4.34. The zero-order chi connectivity index (χ0) is 4.83. The summed E-state index contributed by atoms with van der Waals surface area (Å²) in [5, 5.41) is 0. The summed E-state index contributed by atoms with van der Waals surface area (Å²) in [6.45, 7) is 0. The monoisotopic (exact) mass is 88.0 g/mol. The molecular weight excluding hydrogens is 83.0 g/mol. The van der Waals surface area contributed by atoms with Gasteiger partial charge in [0.25, 0.3) is 0 Å². The molecule has 1 nitrogen and oxygen atoms in total. The van der Waals surface area contributed by atoms with Gasteiger partial charge >= 0.3 is 0 Å². The van der Waals surface area contributed by atoms with E-state index in [4.69, 9.17) is 0 Å². The summed E-state index contributed by atoms with van der Waals surface area (Å²) in [5.74, 6) is 0. The highest BCUT2D eigenvalue weighted by Gasteiger charge is 1.65. The van der Waals surface area contributed by atoms with Crippen LogP contribution in [0.5, 0.6) is 0 Å². The molecule has 0 atom stereocenters. The first-order chi connectivity index (χ1) is 2.91. The van der Waals surface area contributed by atoms with Gasteiger partial charge in [0, 0.05) is 6.42 Å². The van der Waals surface area contributed by atoms with Crippen molar-refractivity contribution in [3.8, 4) is 0 Å². The molecule has 2 heteroatoms. The molecular formula is C4H5FO. The average Bonchev–Trinajstić information content (AvgIpc) is 1.61. The summed E-state index contributed by atoms with van der Waals surface area (Å²) in [6.07, 6.45) is 2.31. The summed E-state index contributed by atoms with van der Waals surface area (Å²) in [4.78, 5) is 9.35. The van der Waals surface area contributed by atoms with Gasteiger partial charge in [0.1, 0.15) is 6.29 Å². The zero-order valence-electron chi connectivity index (χ0n) is 3.23. The van der Waals surface area contributed by atoms with Crippen LogP contribution in [-0.4, -0.2) is 6.29 Å². The second-order valence-electron chi connectivity index (χ2n) is 0.764. The van der Waals surface area contributed by atoms with E-state index in [2.05, 4.69) is 0 Å². The lowest BCUT2D eigenvalue weighted by atomic mass is 10.5. The average molecular weight is 88.1 g/mol. The Bertz CT molecular complexity index is 58.6. The predicted molar refractivity (Wildman–Crippen MR) is 20.9 cm³/mol. The Hall–Kier alpha value is -0.660. The molecule has 34 valence electrons. The fourth-order valence-electron chi connectivity index (χ4n) is 0.107. The van der Waals surface area contributed by atoms with Crippen molar-refractivity contribution in [3.05, 3.63) is 12.4 Å². The van der Waals surface area contributed by atoms with Crippen molar-refractivity contribution in [2.45, 2.75) is 6.42 Å². The lowest BCUT2D eigenvalue weighted by molar-refractivity contribution is -0.107. The SMILES string of the molecule is O=CCC=CF. The normalized spacial score (nSPS) is 9.50. The molecule has 0 aromatic heterocycles. The minimum atomic E-state index is 0.177. The van der Waals surface area contributed by atoms with Gasteiger partial charge in [0.2, 0.25) is 0 Å². The van der Waals surface area contributed by atoms with Crippen LogP contribution < -0.4 is 0 Å². The molecule has 0 N–H and O–H groups in total. The van der Waals surface area contributed by atoms with E-state index in [-0.39, 0.29) is 6.42 Å². The molecule has 0 saturated carbocycles. The van der Waals surface area contributed by atoms with Crippen LogP contribution in [0.3, 0.4) is 0 Å². The Labute approximate surface area is 35.5 Å². The van der Waals surface area contributed by atoms with E-state index in [9.17, 15) is 9.18 Å².